The first-order valence-corrected chi connectivity index (χ1v) is 14.0. The van der Waals surface area contributed by atoms with E-state index >= 15 is 0 Å². The fourth-order valence-corrected chi connectivity index (χ4v) is 5.49. The molecule has 26 heavy (non-hydrogen) atoms. The molecule has 0 aliphatic rings. The minimum atomic E-state index is -5.25. The Kier molecular flexibility index (Phi) is 12.7. The zero-order valence-corrected chi connectivity index (χ0v) is 17.5. The highest BCUT2D eigenvalue weighted by Crippen LogP contribution is 2.22. The van der Waals surface area contributed by atoms with Crippen molar-refractivity contribution in [3.05, 3.63) is 0 Å². The average molecular weight is 460 g/mol. The van der Waals surface area contributed by atoms with Gasteiger partial charge in [-0.25, -0.2) is 0 Å². The van der Waals surface area contributed by atoms with Gasteiger partial charge in [-0.05, 0) is 30.4 Å². The minimum Gasteiger partial charge on any atom is -0.807 e. The standard InChI is InChI=1S/C6H20N2O12P4.C2H6/c9-21(10,11)3-7(4-22(12,13)14)1-2-8(5-23(15,16)17)6-24(18,19)20;1-2/h1-6H2,(H2,9,10,11)(H2,12,13,14)(H2,15,16,17)(H2,18,19,20);1-2H3/p-6. The van der Waals surface area contributed by atoms with E-state index in [2.05, 4.69) is 0 Å². The molecule has 0 saturated heterocycles. The van der Waals surface area contributed by atoms with Crippen LogP contribution in [0.3, 0.4) is 0 Å². The largest absolute Gasteiger partial charge is 0.807 e. The summed E-state index contributed by atoms with van der Waals surface area (Å²) in [5.74, 6) is 0. The summed E-state index contributed by atoms with van der Waals surface area (Å²) in [5.41, 5.74) is 0. The highest BCUT2D eigenvalue weighted by Gasteiger charge is 2.18. The lowest BCUT2D eigenvalue weighted by Crippen LogP contribution is -3.20. The molecule has 2 N–H and O–H groups in total. The Labute approximate surface area is 150 Å². The maximum Gasteiger partial charge on any atom is 0.127 e. The summed E-state index contributed by atoms with van der Waals surface area (Å²) >= 11 is 0. The highest BCUT2D eigenvalue weighted by molar-refractivity contribution is 7.49. The number of hydrogen-bond donors (Lipinski definition) is 2. The molecule has 0 aromatic rings. The Bertz CT molecular complexity index is 490. The first kappa shape index (κ1) is 28.7. The van der Waals surface area contributed by atoms with Crippen LogP contribution in [0.15, 0.2) is 0 Å². The summed E-state index contributed by atoms with van der Waals surface area (Å²) in [4.78, 5) is 84.4. The second-order valence-corrected chi connectivity index (χ2v) is 11.2. The van der Waals surface area contributed by atoms with E-state index in [1.165, 1.54) is 0 Å². The van der Waals surface area contributed by atoms with E-state index < -0.39 is 78.4 Å². The van der Waals surface area contributed by atoms with Crippen molar-refractivity contribution in [1.82, 2.24) is 0 Å². The summed E-state index contributed by atoms with van der Waals surface area (Å²) in [6.45, 7) is 2.69. The molecule has 0 atom stereocenters. The van der Waals surface area contributed by atoms with Crippen molar-refractivity contribution >= 4 is 30.4 Å². The van der Waals surface area contributed by atoms with Crippen LogP contribution < -0.4 is 48.9 Å². The molecule has 0 saturated carbocycles. The zero-order valence-electron chi connectivity index (χ0n) is 13.9. The van der Waals surface area contributed by atoms with E-state index in [1.54, 1.807) is 0 Å². The Morgan fingerprint density at radius 1 is 0.500 bits per heavy atom. The number of nitrogens with one attached hydrogen (secondary N) is 2. The first-order valence-electron chi connectivity index (χ1n) is 7.08. The van der Waals surface area contributed by atoms with Gasteiger partial charge in [-0.15, -0.1) is 0 Å². The smallest absolute Gasteiger partial charge is 0.127 e. The predicted molar refractivity (Wildman–Crippen MR) is 72.9 cm³/mol. The van der Waals surface area contributed by atoms with E-state index in [0.29, 0.717) is 0 Å². The second kappa shape index (κ2) is 11.5. The molecule has 0 heterocycles. The lowest BCUT2D eigenvalue weighted by molar-refractivity contribution is -0.940. The van der Waals surface area contributed by atoms with Gasteiger partial charge in [-0.1, -0.05) is 13.8 Å². The SMILES string of the molecule is CC.O=P([O-])([O-])C[NH+](CC[NH+](CP(=O)([O-])[O-])CP(=O)([O-])[O-])CP(=O)([O-])[O-]. The van der Waals surface area contributed by atoms with Gasteiger partial charge in [0, 0.05) is 0 Å². The minimum absolute atomic E-state index is 0.590. The zero-order chi connectivity index (χ0) is 21.4. The van der Waals surface area contributed by atoms with Crippen molar-refractivity contribution in [2.24, 2.45) is 0 Å². The van der Waals surface area contributed by atoms with Crippen molar-refractivity contribution in [2.45, 2.75) is 13.8 Å². The third-order valence-corrected chi connectivity index (χ3v) is 5.84. The van der Waals surface area contributed by atoms with Crippen LogP contribution in [-0.2, 0) is 18.3 Å². The fraction of sp³-hybridized carbons (Fsp3) is 1.00. The molecule has 160 valence electrons. The van der Waals surface area contributed by atoms with Gasteiger partial charge in [-0.3, -0.25) is 0 Å². The molecule has 0 bridgehead atoms. The maximum absolute atomic E-state index is 10.7. The van der Waals surface area contributed by atoms with Gasteiger partial charge < -0.3 is 67.2 Å². The van der Waals surface area contributed by atoms with Crippen molar-refractivity contribution < 1.29 is 67.2 Å². The van der Waals surface area contributed by atoms with E-state index in [-0.39, 0.29) is 0 Å². The van der Waals surface area contributed by atoms with E-state index in [1.807, 2.05) is 13.8 Å². The van der Waals surface area contributed by atoms with Crippen LogP contribution in [0.2, 0.25) is 0 Å². The summed E-state index contributed by atoms with van der Waals surface area (Å²) < 4.78 is 42.8. The molecule has 0 fully saturated rings. The third-order valence-electron chi connectivity index (χ3n) is 2.50. The van der Waals surface area contributed by atoms with Crippen LogP contribution >= 0.6 is 30.4 Å². The summed E-state index contributed by atoms with van der Waals surface area (Å²) in [5, 5.41) is 0. The number of quaternary nitrogens is 2. The molecule has 0 aliphatic heterocycles. The first-order chi connectivity index (χ1) is 11.4. The maximum atomic E-state index is 10.7. The second-order valence-electron chi connectivity index (χ2n) is 5.08. The van der Waals surface area contributed by atoms with Gasteiger partial charge >= 0.3 is 0 Å². The van der Waals surface area contributed by atoms with Crippen molar-refractivity contribution in [1.29, 1.82) is 0 Å². The van der Waals surface area contributed by atoms with Crippen LogP contribution in [-0.4, -0.2) is 38.2 Å². The van der Waals surface area contributed by atoms with Gasteiger partial charge in [0.15, 0.2) is 0 Å². The van der Waals surface area contributed by atoms with Crippen LogP contribution in [0.1, 0.15) is 13.8 Å². The summed E-state index contributed by atoms with van der Waals surface area (Å²) in [6, 6.07) is 0. The van der Waals surface area contributed by atoms with Crippen LogP contribution in [0.5, 0.6) is 0 Å². The van der Waals surface area contributed by atoms with Gasteiger partial charge in [0.1, 0.15) is 38.2 Å². The molecule has 18 heteroatoms. The van der Waals surface area contributed by atoms with E-state index in [4.69, 9.17) is 0 Å². The predicted octanol–water partition coefficient (Wildman–Crippen LogP) is -8.73. The van der Waals surface area contributed by atoms with Crippen molar-refractivity contribution in [3.8, 4) is 0 Å². The number of rotatable bonds is 11. The van der Waals surface area contributed by atoms with E-state index in [9.17, 15) is 57.4 Å². The summed E-state index contributed by atoms with van der Waals surface area (Å²) in [6.07, 6.45) is -5.25. The molecule has 0 radical (unpaired) electrons. The molecule has 0 spiro atoms. The molecule has 0 amide bonds. The molecule has 0 rings (SSSR count). The number of hydrogen-bond acceptors (Lipinski definition) is 12. The Hall–Kier alpha value is 0.520. The fourth-order valence-electron chi connectivity index (χ4n) is 1.87. The quantitative estimate of drug-likeness (QED) is 0.272. The molecule has 0 unspecified atom stereocenters. The lowest BCUT2D eigenvalue weighted by Gasteiger charge is -2.40. The van der Waals surface area contributed by atoms with Gasteiger partial charge in [0.05, 0.1) is 0 Å². The van der Waals surface area contributed by atoms with Crippen LogP contribution in [0.4, 0.5) is 0 Å². The van der Waals surface area contributed by atoms with Crippen molar-refractivity contribution in [3.63, 3.8) is 0 Å². The topological polar surface area (TPSA) is 262 Å². The molecule has 0 aromatic carbocycles. The van der Waals surface area contributed by atoms with Crippen molar-refractivity contribution in [2.75, 3.05) is 38.2 Å². The van der Waals surface area contributed by atoms with Crippen LogP contribution in [0, 0.1) is 0 Å². The molecule has 14 nitrogen and oxygen atoms in total. The van der Waals surface area contributed by atoms with E-state index in [0.717, 1.165) is 0 Å². The Balaban J connectivity index is 0. The highest BCUT2D eigenvalue weighted by atomic mass is 31.2. The summed E-state index contributed by atoms with van der Waals surface area (Å²) in [7, 11) is -21.0. The van der Waals surface area contributed by atoms with Gasteiger partial charge in [0.2, 0.25) is 0 Å². The monoisotopic (exact) mass is 460 g/mol. The molecular formula is C8H20N2O12P4-6. The third kappa shape index (κ3) is 20.8. The lowest BCUT2D eigenvalue weighted by atomic mass is 10.5. The average Bonchev–Trinajstić information content (AvgIpc) is 2.30. The normalized spacial score (nSPS) is 13.7. The Morgan fingerprint density at radius 2 is 0.654 bits per heavy atom. The Morgan fingerprint density at radius 3 is 0.769 bits per heavy atom. The van der Waals surface area contributed by atoms with Crippen LogP contribution in [0.25, 0.3) is 0 Å². The molecule has 0 aromatic heterocycles. The molecule has 0 aliphatic carbocycles. The van der Waals surface area contributed by atoms with Gasteiger partial charge in [0.25, 0.3) is 0 Å². The molecular weight excluding hydrogens is 440 g/mol. The van der Waals surface area contributed by atoms with Gasteiger partial charge in [-0.2, -0.15) is 0 Å².